The molecular formula is C21H15BrN4O2S. The van der Waals surface area contributed by atoms with Crippen molar-refractivity contribution in [2.45, 2.75) is 25.2 Å². The molecule has 2 aliphatic rings. The Morgan fingerprint density at radius 2 is 1.79 bits per heavy atom. The normalized spacial score (nSPS) is 31.9. The molecule has 4 unspecified atom stereocenters. The summed E-state index contributed by atoms with van der Waals surface area (Å²) in [6, 6.07) is 19.3. The van der Waals surface area contributed by atoms with Crippen LogP contribution in [0, 0.1) is 56.2 Å². The van der Waals surface area contributed by atoms with E-state index in [1.165, 1.54) is 11.3 Å². The van der Waals surface area contributed by atoms with E-state index >= 15 is 0 Å². The second-order valence-corrected chi connectivity index (χ2v) is 9.78. The van der Waals surface area contributed by atoms with E-state index in [1.807, 2.05) is 30.3 Å². The summed E-state index contributed by atoms with van der Waals surface area (Å²) in [5.41, 5.74) is -2.79. The van der Waals surface area contributed by atoms with Gasteiger partial charge in [-0.05, 0) is 40.0 Å². The summed E-state index contributed by atoms with van der Waals surface area (Å²) < 4.78 is 12.9. The third-order valence-electron chi connectivity index (χ3n) is 5.85. The molecule has 0 saturated carbocycles. The van der Waals surface area contributed by atoms with Crippen LogP contribution >= 0.6 is 27.3 Å². The maximum atomic E-state index is 10.3. The van der Waals surface area contributed by atoms with Crippen LogP contribution in [0.1, 0.15) is 23.5 Å². The average molecular weight is 467 g/mol. The van der Waals surface area contributed by atoms with Gasteiger partial charge in [-0.25, -0.2) is 0 Å². The molecule has 8 heteroatoms. The Bertz CT molecular complexity index is 1100. The van der Waals surface area contributed by atoms with E-state index in [-0.39, 0.29) is 5.90 Å². The third-order valence-corrected chi connectivity index (χ3v) is 7.52. The number of nitrogens with zero attached hydrogens (tertiary/aromatic N) is 3. The highest BCUT2D eigenvalue weighted by Crippen LogP contribution is 2.67. The Morgan fingerprint density at radius 1 is 1.10 bits per heavy atom. The Hall–Kier alpha value is -2.70. The first kappa shape index (κ1) is 19.6. The lowest BCUT2D eigenvalue weighted by molar-refractivity contribution is -0.271. The molecule has 2 aromatic rings. The molecule has 2 saturated heterocycles. The van der Waals surface area contributed by atoms with Crippen LogP contribution in [-0.4, -0.2) is 11.7 Å². The summed E-state index contributed by atoms with van der Waals surface area (Å²) in [6.07, 6.45) is -0.687. The largest absolute Gasteiger partial charge is 0.448 e. The molecule has 1 N–H and O–H groups in total. The molecule has 29 heavy (non-hydrogen) atoms. The Morgan fingerprint density at radius 3 is 2.34 bits per heavy atom. The SMILES string of the molecule is CC12OC(=N)C(C#N)(C1Cc1ccccc1)C(C#N)(C#N)C(c1ccc(Br)s1)O2. The van der Waals surface area contributed by atoms with Crippen molar-refractivity contribution in [3.8, 4) is 18.2 Å². The van der Waals surface area contributed by atoms with Crippen LogP contribution in [0.4, 0.5) is 0 Å². The second kappa shape index (κ2) is 6.68. The van der Waals surface area contributed by atoms with Crippen LogP contribution < -0.4 is 0 Å². The van der Waals surface area contributed by atoms with Gasteiger partial charge in [0.2, 0.25) is 17.1 Å². The Kier molecular flexibility index (Phi) is 4.52. The lowest BCUT2D eigenvalue weighted by Gasteiger charge is -2.48. The number of ether oxygens (including phenoxy) is 2. The molecule has 3 heterocycles. The standard InChI is InChI=1S/C21H15BrN4O2S/c1-19-15(9-13-5-3-2-4-6-13)21(12-25,18(26)28-19)20(10-23,11-24)17(27-19)14-7-8-16(22)29-14/h2-8,15,17,26H,9H2,1H3. The van der Waals surface area contributed by atoms with Gasteiger partial charge in [0, 0.05) is 11.8 Å². The summed E-state index contributed by atoms with van der Waals surface area (Å²) in [5, 5.41) is 39.3. The first-order valence-corrected chi connectivity index (χ1v) is 10.5. The maximum Gasteiger partial charge on any atom is 0.215 e. The fourth-order valence-electron chi connectivity index (χ4n) is 4.46. The summed E-state index contributed by atoms with van der Waals surface area (Å²) in [5.74, 6) is -2.40. The van der Waals surface area contributed by atoms with Crippen LogP contribution in [0.5, 0.6) is 0 Å². The van der Waals surface area contributed by atoms with E-state index in [9.17, 15) is 15.8 Å². The maximum absolute atomic E-state index is 10.3. The molecule has 4 atom stereocenters. The minimum absolute atomic E-state index is 0.333. The highest BCUT2D eigenvalue weighted by molar-refractivity contribution is 9.11. The van der Waals surface area contributed by atoms with E-state index < -0.39 is 28.6 Å². The van der Waals surface area contributed by atoms with E-state index in [0.29, 0.717) is 11.3 Å². The minimum Gasteiger partial charge on any atom is -0.448 e. The number of hydrogen-bond acceptors (Lipinski definition) is 7. The molecule has 0 radical (unpaired) electrons. The summed E-state index contributed by atoms with van der Waals surface area (Å²) >= 11 is 4.72. The predicted molar refractivity (Wildman–Crippen MR) is 108 cm³/mol. The molecule has 0 aliphatic carbocycles. The fourth-order valence-corrected chi connectivity index (χ4v) is 5.98. The van der Waals surface area contributed by atoms with Crippen molar-refractivity contribution < 1.29 is 9.47 Å². The first-order valence-electron chi connectivity index (χ1n) is 8.85. The van der Waals surface area contributed by atoms with Gasteiger partial charge in [-0.1, -0.05) is 30.3 Å². The predicted octanol–water partition coefficient (Wildman–Crippen LogP) is 4.71. The van der Waals surface area contributed by atoms with E-state index in [1.54, 1.807) is 19.1 Å². The van der Waals surface area contributed by atoms with Gasteiger partial charge >= 0.3 is 0 Å². The smallest absolute Gasteiger partial charge is 0.215 e. The highest BCUT2D eigenvalue weighted by atomic mass is 79.9. The summed E-state index contributed by atoms with van der Waals surface area (Å²) in [7, 11) is 0. The van der Waals surface area contributed by atoms with Gasteiger partial charge in [0.25, 0.3) is 0 Å². The quantitative estimate of drug-likeness (QED) is 0.703. The van der Waals surface area contributed by atoms with Crippen molar-refractivity contribution in [3.63, 3.8) is 0 Å². The van der Waals surface area contributed by atoms with Gasteiger partial charge in [0.05, 0.1) is 27.9 Å². The monoisotopic (exact) mass is 466 g/mol. The van der Waals surface area contributed by atoms with Crippen LogP contribution in [0.3, 0.4) is 0 Å². The zero-order valence-corrected chi connectivity index (χ0v) is 17.8. The molecule has 6 nitrogen and oxygen atoms in total. The van der Waals surface area contributed by atoms with E-state index in [0.717, 1.165) is 9.35 Å². The van der Waals surface area contributed by atoms with Gasteiger partial charge in [-0.2, -0.15) is 15.8 Å². The van der Waals surface area contributed by atoms with Crippen molar-refractivity contribution >= 4 is 33.2 Å². The van der Waals surface area contributed by atoms with Gasteiger partial charge in [0.15, 0.2) is 5.41 Å². The van der Waals surface area contributed by atoms with Crippen LogP contribution in [-0.2, 0) is 15.9 Å². The number of halogens is 1. The number of nitriles is 3. The summed E-state index contributed by atoms with van der Waals surface area (Å²) in [6.45, 7) is 1.68. The Labute approximate surface area is 180 Å². The number of benzene rings is 1. The number of fused-ring (bicyclic) bond motifs is 2. The molecule has 0 amide bonds. The lowest BCUT2D eigenvalue weighted by atomic mass is 9.53. The van der Waals surface area contributed by atoms with Crippen molar-refractivity contribution in [2.75, 3.05) is 0 Å². The van der Waals surface area contributed by atoms with Gasteiger partial charge < -0.3 is 9.47 Å². The van der Waals surface area contributed by atoms with Crippen molar-refractivity contribution in [3.05, 3.63) is 56.7 Å². The van der Waals surface area contributed by atoms with Crippen LogP contribution in [0.25, 0.3) is 0 Å². The van der Waals surface area contributed by atoms with Crippen molar-refractivity contribution in [2.24, 2.45) is 16.7 Å². The number of nitrogens with one attached hydrogen (secondary N) is 1. The molecular weight excluding hydrogens is 452 g/mol. The molecule has 2 fully saturated rings. The molecule has 0 spiro atoms. The zero-order chi connectivity index (χ0) is 20.9. The molecule has 1 aromatic carbocycles. The first-order chi connectivity index (χ1) is 13.9. The number of hydrogen-bond donors (Lipinski definition) is 1. The number of thiophene rings is 1. The average Bonchev–Trinajstić information content (AvgIpc) is 3.21. The summed E-state index contributed by atoms with van der Waals surface area (Å²) in [4.78, 5) is 0.627. The van der Waals surface area contributed by atoms with Gasteiger partial charge in [-0.15, -0.1) is 11.3 Å². The second-order valence-electron chi connectivity index (χ2n) is 7.28. The molecule has 2 aliphatic heterocycles. The van der Waals surface area contributed by atoms with Crippen molar-refractivity contribution in [1.82, 2.24) is 0 Å². The number of rotatable bonds is 3. The van der Waals surface area contributed by atoms with E-state index in [2.05, 4.69) is 34.1 Å². The van der Waals surface area contributed by atoms with Crippen molar-refractivity contribution in [1.29, 1.82) is 21.2 Å². The molecule has 1 aromatic heterocycles. The molecule has 144 valence electrons. The lowest BCUT2D eigenvalue weighted by Crippen LogP contribution is -2.59. The Balaban J connectivity index is 1.94. The van der Waals surface area contributed by atoms with Gasteiger partial charge in [-0.3, -0.25) is 5.41 Å². The minimum atomic E-state index is -1.93. The molecule has 2 bridgehead atoms. The van der Waals surface area contributed by atoms with Crippen LogP contribution in [0.15, 0.2) is 46.3 Å². The fraction of sp³-hybridized carbons (Fsp3) is 0.333. The third kappa shape index (κ3) is 2.49. The zero-order valence-electron chi connectivity index (χ0n) is 15.3. The topological polar surface area (TPSA) is 114 Å². The molecule has 4 rings (SSSR count). The van der Waals surface area contributed by atoms with Crippen LogP contribution in [0.2, 0.25) is 0 Å². The van der Waals surface area contributed by atoms with E-state index in [4.69, 9.17) is 14.9 Å². The van der Waals surface area contributed by atoms with Gasteiger partial charge in [0.1, 0.15) is 6.10 Å². The highest BCUT2D eigenvalue weighted by Gasteiger charge is 2.79.